The molecule has 0 spiro atoms. The van der Waals surface area contributed by atoms with Gasteiger partial charge in [0.25, 0.3) is 0 Å². The summed E-state index contributed by atoms with van der Waals surface area (Å²) < 4.78 is 26.6. The van der Waals surface area contributed by atoms with Crippen LogP contribution in [-0.4, -0.2) is 8.42 Å². The van der Waals surface area contributed by atoms with Crippen LogP contribution in [0, 0.1) is 6.92 Å². The second-order valence-electron chi connectivity index (χ2n) is 4.26. The first-order valence-electron chi connectivity index (χ1n) is 5.78. The maximum Gasteiger partial charge on any atom is 0.240 e. The molecular weight excluding hydrogens is 282 g/mol. The van der Waals surface area contributed by atoms with E-state index in [2.05, 4.69) is 4.72 Å². The first-order valence-corrected chi connectivity index (χ1v) is 7.64. The summed E-state index contributed by atoms with van der Waals surface area (Å²) >= 11 is 5.73. The van der Waals surface area contributed by atoms with Crippen LogP contribution in [0.4, 0.5) is 0 Å². The Morgan fingerprint density at radius 3 is 2.16 bits per heavy atom. The molecule has 0 aliphatic rings. The van der Waals surface area contributed by atoms with Gasteiger partial charge in [0.1, 0.15) is 0 Å². The van der Waals surface area contributed by atoms with Gasteiger partial charge >= 0.3 is 0 Å². The van der Waals surface area contributed by atoms with Crippen molar-refractivity contribution < 1.29 is 8.42 Å². The number of hydrogen-bond donors (Lipinski definition) is 1. The average molecular weight is 296 g/mol. The first-order chi connectivity index (χ1) is 8.97. The molecular formula is C14H14ClNO2S. The Labute approximate surface area is 118 Å². The molecule has 0 bridgehead atoms. The molecule has 5 heteroatoms. The van der Waals surface area contributed by atoms with Crippen LogP contribution in [0.3, 0.4) is 0 Å². The highest BCUT2D eigenvalue weighted by molar-refractivity contribution is 7.89. The summed E-state index contributed by atoms with van der Waals surface area (Å²) in [6.45, 7) is 2.26. The molecule has 0 aromatic heterocycles. The van der Waals surface area contributed by atoms with Gasteiger partial charge in [-0.1, -0.05) is 41.4 Å². The van der Waals surface area contributed by atoms with E-state index >= 15 is 0 Å². The topological polar surface area (TPSA) is 46.2 Å². The van der Waals surface area contributed by atoms with Crippen LogP contribution >= 0.6 is 11.6 Å². The Bertz CT molecular complexity index is 649. The van der Waals surface area contributed by atoms with Gasteiger partial charge in [0.2, 0.25) is 10.0 Å². The molecule has 19 heavy (non-hydrogen) atoms. The molecule has 0 amide bonds. The Balaban J connectivity index is 2.09. The van der Waals surface area contributed by atoms with Gasteiger partial charge in [0.15, 0.2) is 0 Å². The molecule has 2 aromatic rings. The number of benzene rings is 2. The predicted molar refractivity (Wildman–Crippen MR) is 76.7 cm³/mol. The Morgan fingerprint density at radius 1 is 1.00 bits per heavy atom. The lowest BCUT2D eigenvalue weighted by Gasteiger charge is -2.07. The van der Waals surface area contributed by atoms with Crippen LogP contribution in [0.15, 0.2) is 53.4 Å². The van der Waals surface area contributed by atoms with Crippen molar-refractivity contribution in [2.24, 2.45) is 0 Å². The second kappa shape index (κ2) is 5.74. The molecule has 0 heterocycles. The van der Waals surface area contributed by atoms with Gasteiger partial charge in [-0.25, -0.2) is 13.1 Å². The minimum absolute atomic E-state index is 0.212. The predicted octanol–water partition coefficient (Wildman–Crippen LogP) is 3.13. The molecule has 2 rings (SSSR count). The number of aryl methyl sites for hydroxylation is 1. The molecule has 0 saturated carbocycles. The van der Waals surface area contributed by atoms with E-state index in [1.54, 1.807) is 12.1 Å². The van der Waals surface area contributed by atoms with Gasteiger partial charge in [0.05, 0.1) is 4.90 Å². The molecule has 0 radical (unpaired) electrons. The maximum atomic E-state index is 12.0. The van der Waals surface area contributed by atoms with Gasteiger partial charge < -0.3 is 0 Å². The highest BCUT2D eigenvalue weighted by Gasteiger charge is 2.13. The fourth-order valence-electron chi connectivity index (χ4n) is 1.58. The van der Waals surface area contributed by atoms with Crippen molar-refractivity contribution in [3.05, 3.63) is 64.7 Å². The first kappa shape index (κ1) is 14.1. The van der Waals surface area contributed by atoms with Crippen molar-refractivity contribution in [2.45, 2.75) is 18.4 Å². The Hall–Kier alpha value is -1.36. The van der Waals surface area contributed by atoms with Crippen LogP contribution in [0.2, 0.25) is 5.02 Å². The summed E-state index contributed by atoms with van der Waals surface area (Å²) in [5.74, 6) is 0. The lowest BCUT2D eigenvalue weighted by atomic mass is 10.2. The standard InChI is InChI=1S/C14H14ClNO2S/c1-11-2-4-12(5-3-11)10-16-19(17,18)14-8-6-13(15)7-9-14/h2-9,16H,10H2,1H3. The SMILES string of the molecule is Cc1ccc(CNS(=O)(=O)c2ccc(Cl)cc2)cc1. The molecule has 0 unspecified atom stereocenters. The quantitative estimate of drug-likeness (QED) is 0.942. The van der Waals surface area contributed by atoms with Crippen LogP contribution in [0.5, 0.6) is 0 Å². The van der Waals surface area contributed by atoms with Crippen LogP contribution in [0.1, 0.15) is 11.1 Å². The third kappa shape index (κ3) is 3.80. The number of nitrogens with one attached hydrogen (secondary N) is 1. The van der Waals surface area contributed by atoms with Crippen molar-refractivity contribution in [2.75, 3.05) is 0 Å². The van der Waals surface area contributed by atoms with Crippen molar-refractivity contribution >= 4 is 21.6 Å². The average Bonchev–Trinajstić information content (AvgIpc) is 2.39. The van der Waals surface area contributed by atoms with E-state index in [-0.39, 0.29) is 11.4 Å². The van der Waals surface area contributed by atoms with Crippen molar-refractivity contribution in [1.82, 2.24) is 4.72 Å². The lowest BCUT2D eigenvalue weighted by molar-refractivity contribution is 0.581. The molecule has 2 aromatic carbocycles. The zero-order chi connectivity index (χ0) is 13.9. The molecule has 0 aliphatic carbocycles. The number of hydrogen-bond acceptors (Lipinski definition) is 2. The molecule has 0 atom stereocenters. The summed E-state index contributed by atoms with van der Waals surface area (Å²) in [6.07, 6.45) is 0. The molecule has 100 valence electrons. The van der Waals surface area contributed by atoms with E-state index in [1.807, 2.05) is 31.2 Å². The van der Waals surface area contributed by atoms with Gasteiger partial charge in [-0.05, 0) is 36.8 Å². The van der Waals surface area contributed by atoms with E-state index in [4.69, 9.17) is 11.6 Å². The monoisotopic (exact) mass is 295 g/mol. The highest BCUT2D eigenvalue weighted by atomic mass is 35.5. The number of rotatable bonds is 4. The lowest BCUT2D eigenvalue weighted by Crippen LogP contribution is -2.23. The van der Waals surface area contributed by atoms with Crippen molar-refractivity contribution in [1.29, 1.82) is 0 Å². The fraction of sp³-hybridized carbons (Fsp3) is 0.143. The van der Waals surface area contributed by atoms with E-state index in [1.165, 1.54) is 12.1 Å². The number of halogens is 1. The summed E-state index contributed by atoms with van der Waals surface area (Å²) in [6, 6.07) is 13.8. The molecule has 0 aliphatic heterocycles. The smallest absolute Gasteiger partial charge is 0.207 e. The summed E-state index contributed by atoms with van der Waals surface area (Å²) in [7, 11) is -3.49. The fourth-order valence-corrected chi connectivity index (χ4v) is 2.73. The van der Waals surface area contributed by atoms with Crippen LogP contribution < -0.4 is 4.72 Å². The maximum absolute atomic E-state index is 12.0. The number of sulfonamides is 1. The highest BCUT2D eigenvalue weighted by Crippen LogP contribution is 2.14. The van der Waals surface area contributed by atoms with Gasteiger partial charge in [-0.2, -0.15) is 0 Å². The Morgan fingerprint density at radius 2 is 1.58 bits per heavy atom. The van der Waals surface area contributed by atoms with Crippen LogP contribution in [-0.2, 0) is 16.6 Å². The molecule has 0 fully saturated rings. The third-order valence-corrected chi connectivity index (χ3v) is 4.38. The summed E-state index contributed by atoms with van der Waals surface area (Å²) in [5.41, 5.74) is 2.06. The van der Waals surface area contributed by atoms with E-state index in [0.29, 0.717) is 5.02 Å². The van der Waals surface area contributed by atoms with Crippen LogP contribution in [0.25, 0.3) is 0 Å². The zero-order valence-corrected chi connectivity index (χ0v) is 12.0. The van der Waals surface area contributed by atoms with E-state index < -0.39 is 10.0 Å². The minimum Gasteiger partial charge on any atom is -0.207 e. The van der Waals surface area contributed by atoms with Gasteiger partial charge in [-0.15, -0.1) is 0 Å². The van der Waals surface area contributed by atoms with E-state index in [9.17, 15) is 8.42 Å². The zero-order valence-electron chi connectivity index (χ0n) is 10.4. The van der Waals surface area contributed by atoms with Gasteiger partial charge in [0, 0.05) is 11.6 Å². The normalized spacial score (nSPS) is 11.5. The third-order valence-electron chi connectivity index (χ3n) is 2.71. The molecule has 0 saturated heterocycles. The largest absolute Gasteiger partial charge is 0.240 e. The Kier molecular flexibility index (Phi) is 4.24. The van der Waals surface area contributed by atoms with Crippen molar-refractivity contribution in [3.63, 3.8) is 0 Å². The summed E-state index contributed by atoms with van der Waals surface area (Å²) in [5, 5.41) is 0.512. The van der Waals surface area contributed by atoms with E-state index in [0.717, 1.165) is 11.1 Å². The van der Waals surface area contributed by atoms with Gasteiger partial charge in [-0.3, -0.25) is 0 Å². The summed E-state index contributed by atoms with van der Waals surface area (Å²) in [4.78, 5) is 0.212. The molecule has 3 nitrogen and oxygen atoms in total. The van der Waals surface area contributed by atoms with Crippen molar-refractivity contribution in [3.8, 4) is 0 Å². The minimum atomic E-state index is -3.49. The molecule has 1 N–H and O–H groups in total. The second-order valence-corrected chi connectivity index (χ2v) is 6.47.